The highest BCUT2D eigenvalue weighted by molar-refractivity contribution is 6.06. The summed E-state index contributed by atoms with van der Waals surface area (Å²) in [5, 5.41) is 4.54. The number of hydrogen-bond acceptors (Lipinski definition) is 3. The van der Waals surface area contributed by atoms with Crippen LogP contribution in [-0.2, 0) is 0 Å². The number of nitrogens with zero attached hydrogens (tertiary/aromatic N) is 2. The Morgan fingerprint density at radius 2 is 0.758 bits per heavy atom. The van der Waals surface area contributed by atoms with Gasteiger partial charge in [-0.25, -0.2) is 4.98 Å². The largest absolute Gasteiger partial charge is 0.436 e. The van der Waals surface area contributed by atoms with Crippen LogP contribution in [0.5, 0.6) is 0 Å². The summed E-state index contributed by atoms with van der Waals surface area (Å²) in [4.78, 5) is 7.47. The molecule has 3 nitrogen and oxygen atoms in total. The van der Waals surface area contributed by atoms with Crippen molar-refractivity contribution in [2.45, 2.75) is 0 Å². The monoisotopic (exact) mass is 842 g/mol. The van der Waals surface area contributed by atoms with Crippen molar-refractivity contribution < 1.29 is 4.42 Å². The van der Waals surface area contributed by atoms with E-state index in [-0.39, 0.29) is 0 Å². The van der Waals surface area contributed by atoms with Gasteiger partial charge in [0.05, 0.1) is 5.69 Å². The van der Waals surface area contributed by atoms with E-state index in [2.05, 4.69) is 254 Å². The van der Waals surface area contributed by atoms with Crippen LogP contribution in [-0.4, -0.2) is 4.98 Å². The molecule has 0 saturated carbocycles. The fraction of sp³-hybridized carbons (Fsp3) is 0. The normalized spacial score (nSPS) is 11.3. The summed E-state index contributed by atoms with van der Waals surface area (Å²) in [6.45, 7) is 0. The van der Waals surface area contributed by atoms with Gasteiger partial charge in [0.2, 0.25) is 5.89 Å². The maximum absolute atomic E-state index is 6.41. The Labute approximate surface area is 384 Å². The second-order valence-electron chi connectivity index (χ2n) is 16.7. The number of aromatic nitrogens is 1. The lowest BCUT2D eigenvalue weighted by Crippen LogP contribution is -2.11. The van der Waals surface area contributed by atoms with Gasteiger partial charge in [0.15, 0.2) is 5.58 Å². The summed E-state index contributed by atoms with van der Waals surface area (Å²) in [6.07, 6.45) is 0. The highest BCUT2D eigenvalue weighted by Gasteiger charge is 2.19. The van der Waals surface area contributed by atoms with Crippen LogP contribution in [0.2, 0.25) is 0 Å². The van der Waals surface area contributed by atoms with E-state index in [1.54, 1.807) is 0 Å². The first-order chi connectivity index (χ1) is 32.7. The first-order valence-corrected chi connectivity index (χ1v) is 22.4. The van der Waals surface area contributed by atoms with Crippen LogP contribution in [0.25, 0.3) is 99.7 Å². The maximum atomic E-state index is 6.41. The zero-order valence-electron chi connectivity index (χ0n) is 36.1. The van der Waals surface area contributed by atoms with E-state index in [0.717, 1.165) is 77.7 Å². The van der Waals surface area contributed by atoms with Crippen molar-refractivity contribution in [2.24, 2.45) is 0 Å². The molecule has 3 heteroatoms. The topological polar surface area (TPSA) is 29.3 Å². The fourth-order valence-corrected chi connectivity index (χ4v) is 9.35. The molecule has 12 rings (SSSR count). The zero-order valence-corrected chi connectivity index (χ0v) is 36.1. The number of oxazole rings is 1. The summed E-state index contributed by atoms with van der Waals surface area (Å²) in [5.41, 5.74) is 17.5. The van der Waals surface area contributed by atoms with Crippen LogP contribution in [0.4, 0.5) is 17.1 Å². The molecule has 0 atom stereocenters. The SMILES string of the molecule is c1ccc(-c2ccc(-c3ccc(N(c4ccc(-c5ccccc5-c5ccc6ccc7oc(-c8ccc9ccccc9c8)nc7c6c5)cc4)c4ccccc4-c4ccccc4)cc3)cc2)cc1. The average molecular weight is 843 g/mol. The molecule has 11 aromatic carbocycles. The third-order valence-electron chi connectivity index (χ3n) is 12.7. The summed E-state index contributed by atoms with van der Waals surface area (Å²) < 4.78 is 6.41. The molecule has 0 aliphatic heterocycles. The molecule has 0 aliphatic carbocycles. The summed E-state index contributed by atoms with van der Waals surface area (Å²) in [7, 11) is 0. The molecule has 0 amide bonds. The summed E-state index contributed by atoms with van der Waals surface area (Å²) in [6, 6.07) is 90.9. The predicted octanol–water partition coefficient (Wildman–Crippen LogP) is 17.6. The molecule has 0 fully saturated rings. The van der Waals surface area contributed by atoms with Gasteiger partial charge < -0.3 is 9.32 Å². The smallest absolute Gasteiger partial charge is 0.227 e. The van der Waals surface area contributed by atoms with Crippen LogP contribution >= 0.6 is 0 Å². The highest BCUT2D eigenvalue weighted by atomic mass is 16.3. The average Bonchev–Trinajstić information content (AvgIpc) is 3.85. The molecule has 0 saturated heterocycles. The van der Waals surface area contributed by atoms with E-state index in [0.29, 0.717) is 5.89 Å². The molecule has 0 unspecified atom stereocenters. The molecule has 1 aromatic heterocycles. The number of rotatable bonds is 9. The minimum atomic E-state index is 0.624. The molecule has 66 heavy (non-hydrogen) atoms. The molecule has 0 spiro atoms. The van der Waals surface area contributed by atoms with Gasteiger partial charge in [0.25, 0.3) is 0 Å². The molecule has 12 aromatic rings. The number of anilines is 3. The van der Waals surface area contributed by atoms with Crippen LogP contribution < -0.4 is 4.90 Å². The van der Waals surface area contributed by atoms with Crippen LogP contribution in [0.1, 0.15) is 0 Å². The zero-order chi connectivity index (χ0) is 43.8. The molecule has 1 heterocycles. The Kier molecular flexibility index (Phi) is 9.85. The number of para-hydroxylation sites is 1. The van der Waals surface area contributed by atoms with Gasteiger partial charge >= 0.3 is 0 Å². The van der Waals surface area contributed by atoms with Crippen molar-refractivity contribution in [3.8, 4) is 67.1 Å². The minimum absolute atomic E-state index is 0.624. The Bertz CT molecular complexity index is 3670. The van der Waals surface area contributed by atoms with Crippen LogP contribution in [0, 0.1) is 0 Å². The van der Waals surface area contributed by atoms with Crippen LogP contribution in [0.15, 0.2) is 259 Å². The van der Waals surface area contributed by atoms with Crippen LogP contribution in [0.3, 0.4) is 0 Å². The lowest BCUT2D eigenvalue weighted by molar-refractivity contribution is 0.620. The second-order valence-corrected chi connectivity index (χ2v) is 16.7. The third-order valence-corrected chi connectivity index (χ3v) is 12.7. The molecule has 0 radical (unpaired) electrons. The van der Waals surface area contributed by atoms with E-state index in [1.165, 1.54) is 33.2 Å². The Morgan fingerprint density at radius 1 is 0.303 bits per heavy atom. The second kappa shape index (κ2) is 16.7. The fourth-order valence-electron chi connectivity index (χ4n) is 9.35. The first kappa shape index (κ1) is 38.9. The molecule has 0 bridgehead atoms. The lowest BCUT2D eigenvalue weighted by atomic mass is 9.93. The Hall–Kier alpha value is -8.79. The van der Waals surface area contributed by atoms with Gasteiger partial charge in [0, 0.05) is 27.9 Å². The van der Waals surface area contributed by atoms with Gasteiger partial charge in [0.1, 0.15) is 5.52 Å². The molecule has 0 aliphatic rings. The quantitative estimate of drug-likeness (QED) is 0.145. The van der Waals surface area contributed by atoms with Crippen molar-refractivity contribution in [3.63, 3.8) is 0 Å². The van der Waals surface area contributed by atoms with Crippen molar-refractivity contribution in [1.82, 2.24) is 4.98 Å². The van der Waals surface area contributed by atoms with Gasteiger partial charge in [-0.2, -0.15) is 0 Å². The van der Waals surface area contributed by atoms with Gasteiger partial charge in [-0.15, -0.1) is 0 Å². The maximum Gasteiger partial charge on any atom is 0.227 e. The van der Waals surface area contributed by atoms with Gasteiger partial charge in [-0.05, 0) is 121 Å². The van der Waals surface area contributed by atoms with E-state index < -0.39 is 0 Å². The number of benzene rings is 11. The van der Waals surface area contributed by atoms with E-state index in [9.17, 15) is 0 Å². The van der Waals surface area contributed by atoms with E-state index in [1.807, 2.05) is 6.07 Å². The number of fused-ring (bicyclic) bond motifs is 4. The van der Waals surface area contributed by atoms with Gasteiger partial charge in [-0.1, -0.05) is 200 Å². The first-order valence-electron chi connectivity index (χ1n) is 22.4. The highest BCUT2D eigenvalue weighted by Crippen LogP contribution is 2.43. The minimum Gasteiger partial charge on any atom is -0.436 e. The number of hydrogen-bond donors (Lipinski definition) is 0. The van der Waals surface area contributed by atoms with Crippen molar-refractivity contribution in [2.75, 3.05) is 4.90 Å². The van der Waals surface area contributed by atoms with Crippen molar-refractivity contribution in [1.29, 1.82) is 0 Å². The molecule has 0 N–H and O–H groups in total. The summed E-state index contributed by atoms with van der Waals surface area (Å²) >= 11 is 0. The van der Waals surface area contributed by atoms with Crippen molar-refractivity contribution >= 4 is 49.7 Å². The Morgan fingerprint density at radius 3 is 1.44 bits per heavy atom. The van der Waals surface area contributed by atoms with E-state index in [4.69, 9.17) is 9.40 Å². The Balaban J connectivity index is 0.902. The predicted molar refractivity (Wildman–Crippen MR) is 276 cm³/mol. The summed E-state index contributed by atoms with van der Waals surface area (Å²) in [5.74, 6) is 0.624. The van der Waals surface area contributed by atoms with Gasteiger partial charge in [-0.3, -0.25) is 0 Å². The molecule has 310 valence electrons. The lowest BCUT2D eigenvalue weighted by Gasteiger charge is -2.28. The molecular weight excluding hydrogens is 801 g/mol. The van der Waals surface area contributed by atoms with E-state index >= 15 is 0 Å². The standard InChI is InChI=1S/C63H42N2O/c1-3-13-43(14-4-1)45-23-25-46(26-24-45)47-31-36-54(37-32-47)65(60-22-12-11-21-58(60)48-16-5-2-6-17-48)55-38-33-49(34-39-55)56-19-9-10-20-57(56)52-29-28-50-35-40-61-62(59(50)42-52)64-63(66-61)53-30-27-44-15-7-8-18-51(44)41-53/h1-42H. The third kappa shape index (κ3) is 7.29. The van der Waals surface area contributed by atoms with Crippen molar-refractivity contribution in [3.05, 3.63) is 255 Å². The molecular formula is C63H42N2O.